The Morgan fingerprint density at radius 2 is 1.83 bits per heavy atom. The lowest BCUT2D eigenvalue weighted by Gasteiger charge is -2.40. The standard InChI is InChI=1S/C24H25ClN2O2/c25-17-7-8-19-20(13-17)21(14-23(19)28)24(29)27-12-9-16-5-1-2-6-18(16)22(27)15-26-10-3-4-11-26/h1-2,5-8,13,21-22H,3-4,9-12,14-15H2/t21-,22-/m0/s1. The van der Waals surface area contributed by atoms with Crippen LogP contribution in [0, 0.1) is 0 Å². The molecule has 29 heavy (non-hydrogen) atoms. The number of fused-ring (bicyclic) bond motifs is 2. The van der Waals surface area contributed by atoms with Gasteiger partial charge in [-0.2, -0.15) is 0 Å². The molecule has 0 saturated carbocycles. The zero-order valence-electron chi connectivity index (χ0n) is 16.4. The lowest BCUT2D eigenvalue weighted by molar-refractivity contribution is -0.136. The molecule has 2 atom stereocenters. The van der Waals surface area contributed by atoms with Gasteiger partial charge < -0.3 is 9.80 Å². The summed E-state index contributed by atoms with van der Waals surface area (Å²) in [7, 11) is 0. The highest BCUT2D eigenvalue weighted by Crippen LogP contribution is 2.39. The average Bonchev–Trinajstić information content (AvgIpc) is 3.35. The zero-order valence-corrected chi connectivity index (χ0v) is 17.2. The summed E-state index contributed by atoms with van der Waals surface area (Å²) in [6.45, 7) is 3.77. The van der Waals surface area contributed by atoms with Gasteiger partial charge in [-0.15, -0.1) is 0 Å². The molecule has 2 aromatic carbocycles. The van der Waals surface area contributed by atoms with Crippen molar-refractivity contribution >= 4 is 23.3 Å². The molecule has 0 spiro atoms. The fourth-order valence-electron chi connectivity index (χ4n) is 5.22. The molecular formula is C24H25ClN2O2. The minimum absolute atomic E-state index is 0.0449. The quantitative estimate of drug-likeness (QED) is 0.763. The van der Waals surface area contributed by atoms with Gasteiger partial charge in [-0.25, -0.2) is 0 Å². The molecule has 1 aliphatic carbocycles. The number of benzene rings is 2. The number of rotatable bonds is 3. The van der Waals surface area contributed by atoms with Crippen LogP contribution in [0.25, 0.3) is 0 Å². The first-order valence-electron chi connectivity index (χ1n) is 10.5. The number of Topliss-reactive ketones (excluding diaryl/α,β-unsaturated/α-hetero) is 1. The number of nitrogens with zero attached hydrogens (tertiary/aromatic N) is 2. The summed E-state index contributed by atoms with van der Waals surface area (Å²) < 4.78 is 0. The van der Waals surface area contributed by atoms with Gasteiger partial charge in [-0.05, 0) is 67.2 Å². The van der Waals surface area contributed by atoms with E-state index in [4.69, 9.17) is 11.6 Å². The largest absolute Gasteiger partial charge is 0.333 e. The Morgan fingerprint density at radius 1 is 1.03 bits per heavy atom. The maximum atomic E-state index is 13.7. The molecule has 5 heteroatoms. The van der Waals surface area contributed by atoms with Crippen LogP contribution in [0.2, 0.25) is 5.02 Å². The van der Waals surface area contributed by atoms with Crippen LogP contribution in [0.3, 0.4) is 0 Å². The van der Waals surface area contributed by atoms with Gasteiger partial charge in [-0.1, -0.05) is 35.9 Å². The minimum Gasteiger partial charge on any atom is -0.333 e. The monoisotopic (exact) mass is 408 g/mol. The fourth-order valence-corrected chi connectivity index (χ4v) is 5.40. The highest BCUT2D eigenvalue weighted by atomic mass is 35.5. The molecule has 2 aromatic rings. The molecule has 5 rings (SSSR count). The van der Waals surface area contributed by atoms with Gasteiger partial charge in [-0.3, -0.25) is 9.59 Å². The van der Waals surface area contributed by atoms with Crippen molar-refractivity contribution in [2.24, 2.45) is 0 Å². The van der Waals surface area contributed by atoms with Gasteiger partial charge in [0.25, 0.3) is 0 Å². The molecule has 150 valence electrons. The normalized spacial score (nSPS) is 23.9. The molecule has 0 aromatic heterocycles. The molecule has 1 amide bonds. The van der Waals surface area contributed by atoms with E-state index in [1.807, 2.05) is 4.90 Å². The Balaban J connectivity index is 1.48. The molecule has 2 heterocycles. The second kappa shape index (κ2) is 7.58. The van der Waals surface area contributed by atoms with Crippen molar-refractivity contribution in [3.05, 3.63) is 69.7 Å². The van der Waals surface area contributed by atoms with Gasteiger partial charge >= 0.3 is 0 Å². The van der Waals surface area contributed by atoms with Crippen LogP contribution in [0.5, 0.6) is 0 Å². The van der Waals surface area contributed by atoms with E-state index < -0.39 is 5.92 Å². The van der Waals surface area contributed by atoms with Crippen molar-refractivity contribution < 1.29 is 9.59 Å². The number of likely N-dealkylation sites (tertiary alicyclic amines) is 1. The minimum atomic E-state index is -0.414. The highest BCUT2D eigenvalue weighted by molar-refractivity contribution is 6.31. The van der Waals surface area contributed by atoms with E-state index in [2.05, 4.69) is 29.2 Å². The van der Waals surface area contributed by atoms with Crippen LogP contribution >= 0.6 is 11.6 Å². The topological polar surface area (TPSA) is 40.6 Å². The Hall–Kier alpha value is -2.17. The van der Waals surface area contributed by atoms with Gasteiger partial charge in [0.1, 0.15) is 0 Å². The molecule has 3 aliphatic rings. The molecule has 4 nitrogen and oxygen atoms in total. The number of hydrogen-bond acceptors (Lipinski definition) is 3. The summed E-state index contributed by atoms with van der Waals surface area (Å²) >= 11 is 6.19. The van der Waals surface area contributed by atoms with Crippen molar-refractivity contribution in [1.82, 2.24) is 9.80 Å². The SMILES string of the molecule is O=C1C[C@H](C(=O)N2CCc3ccccc3[C@@H]2CN2CCCC2)c2cc(Cl)ccc21. The lowest BCUT2D eigenvalue weighted by atomic mass is 9.90. The number of carbonyl (C=O) groups excluding carboxylic acids is 2. The Labute approximate surface area is 176 Å². The second-order valence-electron chi connectivity index (χ2n) is 8.42. The van der Waals surface area contributed by atoms with Crippen molar-refractivity contribution in [3.8, 4) is 0 Å². The molecule has 0 unspecified atom stereocenters. The van der Waals surface area contributed by atoms with E-state index in [0.717, 1.165) is 31.6 Å². The highest BCUT2D eigenvalue weighted by Gasteiger charge is 2.40. The molecule has 1 fully saturated rings. The third-order valence-electron chi connectivity index (χ3n) is 6.70. The van der Waals surface area contributed by atoms with Crippen molar-refractivity contribution in [1.29, 1.82) is 0 Å². The Bertz CT molecular complexity index is 967. The second-order valence-corrected chi connectivity index (χ2v) is 8.85. The summed E-state index contributed by atoms with van der Waals surface area (Å²) in [5.74, 6) is -0.302. The first-order chi connectivity index (χ1) is 14.1. The van der Waals surface area contributed by atoms with Gasteiger partial charge in [0.15, 0.2) is 5.78 Å². The smallest absolute Gasteiger partial charge is 0.231 e. The predicted molar refractivity (Wildman–Crippen MR) is 113 cm³/mol. The van der Waals surface area contributed by atoms with Crippen molar-refractivity contribution in [3.63, 3.8) is 0 Å². The third-order valence-corrected chi connectivity index (χ3v) is 6.94. The summed E-state index contributed by atoms with van der Waals surface area (Å²) in [6, 6.07) is 13.8. The van der Waals surface area contributed by atoms with E-state index in [1.165, 1.54) is 24.0 Å². The number of amides is 1. The van der Waals surface area contributed by atoms with E-state index >= 15 is 0 Å². The van der Waals surface area contributed by atoms with Crippen LogP contribution in [-0.2, 0) is 11.2 Å². The van der Waals surface area contributed by atoms with Crippen LogP contribution < -0.4 is 0 Å². The van der Waals surface area contributed by atoms with Crippen molar-refractivity contribution in [2.75, 3.05) is 26.2 Å². The molecule has 2 aliphatic heterocycles. The van der Waals surface area contributed by atoms with Crippen LogP contribution in [-0.4, -0.2) is 47.7 Å². The predicted octanol–water partition coefficient (Wildman–Crippen LogP) is 4.23. The van der Waals surface area contributed by atoms with Gasteiger partial charge in [0.05, 0.1) is 12.0 Å². The van der Waals surface area contributed by atoms with Crippen LogP contribution in [0.4, 0.5) is 0 Å². The third kappa shape index (κ3) is 3.38. The molecular weight excluding hydrogens is 384 g/mol. The Morgan fingerprint density at radius 3 is 2.66 bits per heavy atom. The lowest BCUT2D eigenvalue weighted by Crippen LogP contribution is -2.46. The Kier molecular flexibility index (Phi) is 4.92. The summed E-state index contributed by atoms with van der Waals surface area (Å²) in [5.41, 5.74) is 4.05. The van der Waals surface area contributed by atoms with E-state index in [9.17, 15) is 9.59 Å². The van der Waals surface area contributed by atoms with Crippen molar-refractivity contribution in [2.45, 2.75) is 37.6 Å². The van der Waals surface area contributed by atoms with Crippen LogP contribution in [0.1, 0.15) is 58.3 Å². The number of carbonyl (C=O) groups is 2. The van der Waals surface area contributed by atoms with E-state index in [0.29, 0.717) is 17.1 Å². The molecule has 1 saturated heterocycles. The van der Waals surface area contributed by atoms with Gasteiger partial charge in [0.2, 0.25) is 5.91 Å². The first-order valence-corrected chi connectivity index (χ1v) is 10.9. The average molecular weight is 409 g/mol. The summed E-state index contributed by atoms with van der Waals surface area (Å²) in [6.07, 6.45) is 3.57. The molecule has 0 bridgehead atoms. The first kappa shape index (κ1) is 18.8. The number of hydrogen-bond donors (Lipinski definition) is 0. The maximum Gasteiger partial charge on any atom is 0.231 e. The maximum absolute atomic E-state index is 13.7. The number of ketones is 1. The number of halogens is 1. The molecule has 0 N–H and O–H groups in total. The van der Waals surface area contributed by atoms with E-state index in [-0.39, 0.29) is 24.2 Å². The zero-order chi connectivity index (χ0) is 20.0. The van der Waals surface area contributed by atoms with Crippen LogP contribution in [0.15, 0.2) is 42.5 Å². The fraction of sp³-hybridized carbons (Fsp3) is 0.417. The van der Waals surface area contributed by atoms with E-state index in [1.54, 1.807) is 18.2 Å². The summed E-state index contributed by atoms with van der Waals surface area (Å²) in [5, 5.41) is 0.578. The molecule has 0 radical (unpaired) electrons. The summed E-state index contributed by atoms with van der Waals surface area (Å²) in [4.78, 5) is 30.7. The van der Waals surface area contributed by atoms with Gasteiger partial charge in [0, 0.05) is 30.1 Å².